The number of nitro groups is 1. The van der Waals surface area contributed by atoms with Crippen molar-refractivity contribution in [1.82, 2.24) is 0 Å². The number of ether oxygens (including phenoxy) is 1. The fraction of sp³-hybridized carbons (Fsp3) is 0.333. The fourth-order valence-corrected chi connectivity index (χ4v) is 1.75. The SMILES string of the molecule is CCNc1c(Br)cc(OC)cc1[N+](=O)[O-]. The van der Waals surface area contributed by atoms with Crippen molar-refractivity contribution < 1.29 is 9.66 Å². The summed E-state index contributed by atoms with van der Waals surface area (Å²) in [6.07, 6.45) is 0. The van der Waals surface area contributed by atoms with Crippen molar-refractivity contribution >= 4 is 27.3 Å². The second kappa shape index (κ2) is 4.97. The molecule has 0 atom stereocenters. The Hall–Kier alpha value is -1.30. The number of hydrogen-bond donors (Lipinski definition) is 1. The first-order valence-corrected chi connectivity index (χ1v) is 5.15. The molecule has 0 spiro atoms. The summed E-state index contributed by atoms with van der Waals surface area (Å²) >= 11 is 3.26. The molecule has 0 aromatic heterocycles. The van der Waals surface area contributed by atoms with Gasteiger partial charge in [-0.15, -0.1) is 0 Å². The van der Waals surface area contributed by atoms with Gasteiger partial charge in [-0.05, 0) is 28.9 Å². The second-order valence-corrected chi connectivity index (χ2v) is 3.65. The van der Waals surface area contributed by atoms with Crippen molar-refractivity contribution in [1.29, 1.82) is 0 Å². The summed E-state index contributed by atoms with van der Waals surface area (Å²) in [6.45, 7) is 2.49. The van der Waals surface area contributed by atoms with Gasteiger partial charge in [-0.2, -0.15) is 0 Å². The number of halogens is 1. The summed E-state index contributed by atoms with van der Waals surface area (Å²) in [5, 5.41) is 13.7. The molecule has 1 N–H and O–H groups in total. The first-order chi connectivity index (χ1) is 7.10. The average molecular weight is 275 g/mol. The van der Waals surface area contributed by atoms with E-state index in [1.165, 1.54) is 13.2 Å². The summed E-state index contributed by atoms with van der Waals surface area (Å²) in [5.74, 6) is 0.454. The third kappa shape index (κ3) is 2.59. The molecule has 5 nitrogen and oxygen atoms in total. The molecule has 1 rings (SSSR count). The molecule has 6 heteroatoms. The van der Waals surface area contributed by atoms with Crippen molar-refractivity contribution in [3.05, 3.63) is 26.7 Å². The topological polar surface area (TPSA) is 64.4 Å². The molecule has 0 radical (unpaired) electrons. The smallest absolute Gasteiger partial charge is 0.297 e. The van der Waals surface area contributed by atoms with Crippen LogP contribution in [0.5, 0.6) is 5.75 Å². The van der Waals surface area contributed by atoms with Gasteiger partial charge in [0.25, 0.3) is 5.69 Å². The third-order valence-electron chi connectivity index (χ3n) is 1.83. The highest BCUT2D eigenvalue weighted by Gasteiger charge is 2.18. The summed E-state index contributed by atoms with van der Waals surface area (Å²) < 4.78 is 5.58. The molecule has 1 aromatic rings. The Labute approximate surface area is 95.7 Å². The van der Waals surface area contributed by atoms with E-state index in [2.05, 4.69) is 21.2 Å². The lowest BCUT2D eigenvalue weighted by Crippen LogP contribution is -2.02. The lowest BCUT2D eigenvalue weighted by molar-refractivity contribution is -0.384. The van der Waals surface area contributed by atoms with E-state index in [0.29, 0.717) is 22.5 Å². The zero-order valence-corrected chi connectivity index (χ0v) is 10.00. The highest BCUT2D eigenvalue weighted by molar-refractivity contribution is 9.10. The molecule has 0 aliphatic carbocycles. The quantitative estimate of drug-likeness (QED) is 0.677. The van der Waals surface area contributed by atoms with Gasteiger partial charge in [0.1, 0.15) is 11.4 Å². The normalized spacial score (nSPS) is 9.80. The Balaban J connectivity index is 3.28. The molecule has 0 heterocycles. The van der Waals surface area contributed by atoms with Crippen molar-refractivity contribution in [3.8, 4) is 5.75 Å². The van der Waals surface area contributed by atoms with Gasteiger partial charge in [0.2, 0.25) is 0 Å². The predicted octanol–water partition coefficient (Wildman–Crippen LogP) is 2.80. The Bertz CT molecular complexity index is 382. The van der Waals surface area contributed by atoms with Gasteiger partial charge in [-0.3, -0.25) is 10.1 Å². The lowest BCUT2D eigenvalue weighted by Gasteiger charge is -2.08. The van der Waals surface area contributed by atoms with Crippen molar-refractivity contribution in [3.63, 3.8) is 0 Å². The number of nitro benzene ring substituents is 1. The fourth-order valence-electron chi connectivity index (χ4n) is 1.18. The lowest BCUT2D eigenvalue weighted by atomic mass is 10.2. The van der Waals surface area contributed by atoms with Crippen LogP contribution in [0.1, 0.15) is 6.92 Å². The molecule has 0 unspecified atom stereocenters. The van der Waals surface area contributed by atoms with Crippen LogP contribution < -0.4 is 10.1 Å². The maximum absolute atomic E-state index is 10.8. The third-order valence-corrected chi connectivity index (χ3v) is 2.45. The van der Waals surface area contributed by atoms with Gasteiger partial charge in [0, 0.05) is 6.54 Å². The first kappa shape index (κ1) is 11.8. The van der Waals surface area contributed by atoms with Crippen LogP contribution in [0.3, 0.4) is 0 Å². The minimum atomic E-state index is -0.439. The van der Waals surface area contributed by atoms with E-state index in [0.717, 1.165) is 0 Å². The zero-order chi connectivity index (χ0) is 11.4. The highest BCUT2D eigenvalue weighted by atomic mass is 79.9. The molecule has 1 aromatic carbocycles. The average Bonchev–Trinajstić information content (AvgIpc) is 2.20. The highest BCUT2D eigenvalue weighted by Crippen LogP contribution is 2.36. The zero-order valence-electron chi connectivity index (χ0n) is 8.41. The van der Waals surface area contributed by atoms with Crippen LogP contribution in [-0.2, 0) is 0 Å². The minimum absolute atomic E-state index is 0.00285. The van der Waals surface area contributed by atoms with E-state index >= 15 is 0 Å². The van der Waals surface area contributed by atoms with E-state index in [-0.39, 0.29) is 5.69 Å². The molecule has 15 heavy (non-hydrogen) atoms. The standard InChI is InChI=1S/C9H11BrN2O3/c1-3-11-9-7(10)4-6(15-2)5-8(9)12(13)14/h4-5,11H,3H2,1-2H3. The van der Waals surface area contributed by atoms with Gasteiger partial charge in [0.05, 0.1) is 22.6 Å². The Morgan fingerprint density at radius 1 is 1.60 bits per heavy atom. The van der Waals surface area contributed by atoms with Crippen LogP contribution in [-0.4, -0.2) is 18.6 Å². The predicted molar refractivity (Wildman–Crippen MR) is 61.5 cm³/mol. The Morgan fingerprint density at radius 2 is 2.27 bits per heavy atom. The number of nitrogens with one attached hydrogen (secondary N) is 1. The summed E-state index contributed by atoms with van der Waals surface area (Å²) in [4.78, 5) is 10.4. The van der Waals surface area contributed by atoms with Gasteiger partial charge in [-0.25, -0.2) is 0 Å². The van der Waals surface area contributed by atoms with Crippen LogP contribution in [0.4, 0.5) is 11.4 Å². The van der Waals surface area contributed by atoms with Crippen LogP contribution in [0.25, 0.3) is 0 Å². The minimum Gasteiger partial charge on any atom is -0.496 e. The summed E-state index contributed by atoms with van der Waals surface area (Å²) in [5.41, 5.74) is 0.478. The van der Waals surface area contributed by atoms with Crippen LogP contribution in [0.2, 0.25) is 0 Å². The molecule has 0 amide bonds. The van der Waals surface area contributed by atoms with Gasteiger partial charge in [-0.1, -0.05) is 0 Å². The molecule has 0 aliphatic heterocycles. The first-order valence-electron chi connectivity index (χ1n) is 4.36. The van der Waals surface area contributed by atoms with E-state index in [4.69, 9.17) is 4.74 Å². The van der Waals surface area contributed by atoms with Gasteiger partial charge >= 0.3 is 0 Å². The molecule has 82 valence electrons. The molecular weight excluding hydrogens is 264 g/mol. The number of anilines is 1. The van der Waals surface area contributed by atoms with E-state index in [1.54, 1.807) is 6.07 Å². The van der Waals surface area contributed by atoms with Crippen molar-refractivity contribution in [2.24, 2.45) is 0 Å². The second-order valence-electron chi connectivity index (χ2n) is 2.79. The number of rotatable bonds is 4. The molecule has 0 bridgehead atoms. The Morgan fingerprint density at radius 3 is 2.73 bits per heavy atom. The van der Waals surface area contributed by atoms with Gasteiger partial charge < -0.3 is 10.1 Å². The van der Waals surface area contributed by atoms with Crippen molar-refractivity contribution in [2.75, 3.05) is 19.0 Å². The van der Waals surface area contributed by atoms with E-state index in [9.17, 15) is 10.1 Å². The van der Waals surface area contributed by atoms with Crippen LogP contribution in [0, 0.1) is 10.1 Å². The maximum Gasteiger partial charge on any atom is 0.297 e. The molecular formula is C9H11BrN2O3. The number of benzene rings is 1. The maximum atomic E-state index is 10.8. The van der Waals surface area contributed by atoms with E-state index in [1.807, 2.05) is 6.92 Å². The molecule has 0 saturated carbocycles. The summed E-state index contributed by atoms with van der Waals surface area (Å²) in [7, 11) is 1.47. The monoisotopic (exact) mass is 274 g/mol. The number of hydrogen-bond acceptors (Lipinski definition) is 4. The van der Waals surface area contributed by atoms with Crippen LogP contribution in [0.15, 0.2) is 16.6 Å². The van der Waals surface area contributed by atoms with Crippen molar-refractivity contribution in [2.45, 2.75) is 6.92 Å². The molecule has 0 aliphatic rings. The van der Waals surface area contributed by atoms with Crippen LogP contribution >= 0.6 is 15.9 Å². The van der Waals surface area contributed by atoms with Gasteiger partial charge in [0.15, 0.2) is 0 Å². The summed E-state index contributed by atoms with van der Waals surface area (Å²) in [6, 6.07) is 3.08. The largest absolute Gasteiger partial charge is 0.496 e. The number of methoxy groups -OCH3 is 1. The number of nitrogens with zero attached hydrogens (tertiary/aromatic N) is 1. The van der Waals surface area contributed by atoms with E-state index < -0.39 is 4.92 Å². The Kier molecular flexibility index (Phi) is 3.90. The molecule has 0 fully saturated rings. The molecule has 0 saturated heterocycles.